The molecule has 0 radical (unpaired) electrons. The summed E-state index contributed by atoms with van der Waals surface area (Å²) in [6.07, 6.45) is -1.42. The van der Waals surface area contributed by atoms with E-state index in [1.807, 2.05) is 6.92 Å². The Balaban J connectivity index is 1.78. The number of hydrogen-bond donors (Lipinski definition) is 0. The van der Waals surface area contributed by atoms with Gasteiger partial charge in [-0.1, -0.05) is 6.92 Å². The molecule has 0 bridgehead atoms. The molecule has 5 rings (SSSR count). The number of ether oxygens (including phenoxy) is 4. The fourth-order valence-corrected chi connectivity index (χ4v) is 6.59. The number of esters is 3. The van der Waals surface area contributed by atoms with E-state index in [9.17, 15) is 24.0 Å². The molecule has 1 aliphatic heterocycles. The lowest BCUT2D eigenvalue weighted by atomic mass is 9.54. The van der Waals surface area contributed by atoms with E-state index in [0.717, 1.165) is 0 Å². The zero-order valence-electron chi connectivity index (χ0n) is 20.1. The van der Waals surface area contributed by atoms with Gasteiger partial charge in [0.25, 0.3) is 0 Å². The second-order valence-electron chi connectivity index (χ2n) is 10.0. The van der Waals surface area contributed by atoms with Crippen LogP contribution in [0.1, 0.15) is 67.0 Å². The predicted molar refractivity (Wildman–Crippen MR) is 115 cm³/mol. The van der Waals surface area contributed by atoms with Crippen LogP contribution >= 0.6 is 0 Å². The molecule has 0 aromatic carbocycles. The summed E-state index contributed by atoms with van der Waals surface area (Å²) in [5.74, 6) is -3.25. The number of carbonyl (C=O) groups is 5. The summed E-state index contributed by atoms with van der Waals surface area (Å²) >= 11 is 0. The third-order valence-electron chi connectivity index (χ3n) is 8.01. The molecule has 6 unspecified atom stereocenters. The van der Waals surface area contributed by atoms with Crippen molar-refractivity contribution >= 4 is 29.5 Å². The number of allylic oxidation sites excluding steroid dienone is 1. The maximum absolute atomic E-state index is 13.9. The van der Waals surface area contributed by atoms with Gasteiger partial charge in [-0.15, -0.1) is 0 Å². The number of cyclic esters (lactones) is 1. The van der Waals surface area contributed by atoms with Crippen LogP contribution in [0.3, 0.4) is 0 Å². The number of carbonyl (C=O) groups excluding carboxylic acids is 5. The highest BCUT2D eigenvalue weighted by molar-refractivity contribution is 6.14. The third-order valence-corrected chi connectivity index (χ3v) is 8.01. The molecular formula is C25H26O10. The van der Waals surface area contributed by atoms with Crippen molar-refractivity contribution in [1.29, 1.82) is 0 Å². The average Bonchev–Trinajstić information content (AvgIpc) is 3.31. The van der Waals surface area contributed by atoms with Crippen LogP contribution in [0.25, 0.3) is 0 Å². The summed E-state index contributed by atoms with van der Waals surface area (Å²) < 4.78 is 27.7. The summed E-state index contributed by atoms with van der Waals surface area (Å²) in [5, 5.41) is 0. The van der Waals surface area contributed by atoms with E-state index < -0.39 is 58.8 Å². The van der Waals surface area contributed by atoms with E-state index in [1.54, 1.807) is 6.92 Å². The maximum Gasteiger partial charge on any atom is 0.342 e. The molecule has 1 aromatic rings. The van der Waals surface area contributed by atoms with E-state index in [0.29, 0.717) is 11.1 Å². The van der Waals surface area contributed by atoms with Crippen molar-refractivity contribution in [2.75, 3.05) is 13.7 Å². The molecule has 2 heterocycles. The van der Waals surface area contributed by atoms with Crippen molar-refractivity contribution in [3.8, 4) is 0 Å². The van der Waals surface area contributed by atoms with Gasteiger partial charge in [-0.3, -0.25) is 19.2 Å². The summed E-state index contributed by atoms with van der Waals surface area (Å²) in [4.78, 5) is 63.9. The molecule has 4 aliphatic rings. The zero-order valence-corrected chi connectivity index (χ0v) is 20.1. The van der Waals surface area contributed by atoms with Crippen molar-refractivity contribution in [3.05, 3.63) is 34.3 Å². The molecule has 35 heavy (non-hydrogen) atoms. The zero-order chi connectivity index (χ0) is 25.4. The summed E-state index contributed by atoms with van der Waals surface area (Å²) in [6, 6.07) is 0. The SMILES string of the molecule is COCC1OC(=O)c2coc3c2C1(C)C1=C(C3=O)C2CC(OC(C)=O)C(=O)C2(C)CC1OC(C)=O. The molecular weight excluding hydrogens is 460 g/mol. The van der Waals surface area contributed by atoms with Crippen molar-refractivity contribution in [2.45, 2.75) is 64.3 Å². The highest BCUT2D eigenvalue weighted by Gasteiger charge is 2.66. The number of rotatable bonds is 4. The molecule has 0 amide bonds. The van der Waals surface area contributed by atoms with Gasteiger partial charge in [0.05, 0.1) is 12.0 Å². The number of fused-ring (bicyclic) bond motifs is 3. The fraction of sp³-hybridized carbons (Fsp3) is 0.560. The molecule has 1 fully saturated rings. The molecule has 1 saturated carbocycles. The minimum atomic E-state index is -1.12. The van der Waals surface area contributed by atoms with Gasteiger partial charge in [-0.25, -0.2) is 4.79 Å². The maximum atomic E-state index is 13.9. The molecule has 6 atom stereocenters. The monoisotopic (exact) mass is 486 g/mol. The Hall–Kier alpha value is -3.27. The van der Waals surface area contributed by atoms with Crippen LogP contribution in [0.15, 0.2) is 21.8 Å². The largest absolute Gasteiger partial charge is 0.460 e. The van der Waals surface area contributed by atoms with Crippen LogP contribution in [0.5, 0.6) is 0 Å². The highest BCUT2D eigenvalue weighted by Crippen LogP contribution is 2.61. The van der Waals surface area contributed by atoms with Crippen LogP contribution in [-0.2, 0) is 38.7 Å². The highest BCUT2D eigenvalue weighted by atomic mass is 16.6. The Morgan fingerprint density at radius 3 is 2.37 bits per heavy atom. The van der Waals surface area contributed by atoms with Crippen molar-refractivity contribution < 1.29 is 47.3 Å². The molecule has 10 nitrogen and oxygen atoms in total. The Morgan fingerprint density at radius 1 is 1.09 bits per heavy atom. The smallest absolute Gasteiger partial charge is 0.342 e. The lowest BCUT2D eigenvalue weighted by Crippen LogP contribution is -2.57. The van der Waals surface area contributed by atoms with Gasteiger partial charge in [0.1, 0.15) is 24.0 Å². The van der Waals surface area contributed by atoms with Gasteiger partial charge in [-0.05, 0) is 18.9 Å². The number of furan rings is 1. The van der Waals surface area contributed by atoms with Crippen molar-refractivity contribution in [2.24, 2.45) is 11.3 Å². The topological polar surface area (TPSA) is 135 Å². The number of hydrogen-bond acceptors (Lipinski definition) is 10. The van der Waals surface area contributed by atoms with E-state index in [4.69, 9.17) is 23.4 Å². The van der Waals surface area contributed by atoms with Gasteiger partial charge >= 0.3 is 17.9 Å². The number of Topliss-reactive ketones (excluding diaryl/α,β-unsaturated/α-hetero) is 2. The second kappa shape index (κ2) is 7.61. The molecule has 186 valence electrons. The Morgan fingerprint density at radius 2 is 1.74 bits per heavy atom. The molecule has 0 N–H and O–H groups in total. The number of ketones is 2. The normalized spacial score (nSPS) is 35.2. The molecule has 10 heteroatoms. The standard InChI is InChI=1S/C25H26O10/c1-10(26)33-14-6-13-17-19(15(34-11(2)27)7-24(13,3)22(14)29)25(4)16(9-31-5)35-23(30)12-8-32-21(18(12)25)20(17)28/h8,13-16H,6-7,9H2,1-5H3. The minimum Gasteiger partial charge on any atom is -0.460 e. The Kier molecular flexibility index (Phi) is 5.11. The molecule has 3 aliphatic carbocycles. The third kappa shape index (κ3) is 3.01. The van der Waals surface area contributed by atoms with Gasteiger partial charge in [0, 0.05) is 49.8 Å². The van der Waals surface area contributed by atoms with E-state index in [2.05, 4.69) is 0 Å². The van der Waals surface area contributed by atoms with Gasteiger partial charge in [-0.2, -0.15) is 0 Å². The summed E-state index contributed by atoms with van der Waals surface area (Å²) in [5.41, 5.74) is -0.982. The van der Waals surface area contributed by atoms with Gasteiger partial charge in [0.15, 0.2) is 17.6 Å². The lowest BCUT2D eigenvalue weighted by Gasteiger charge is -2.51. The first-order valence-electron chi connectivity index (χ1n) is 11.4. The van der Waals surface area contributed by atoms with Crippen LogP contribution < -0.4 is 0 Å². The number of methoxy groups -OCH3 is 1. The minimum absolute atomic E-state index is 0.00628. The van der Waals surface area contributed by atoms with Crippen LogP contribution in [0.4, 0.5) is 0 Å². The van der Waals surface area contributed by atoms with E-state index in [1.165, 1.54) is 27.2 Å². The van der Waals surface area contributed by atoms with Crippen LogP contribution in [-0.4, -0.2) is 61.5 Å². The van der Waals surface area contributed by atoms with Gasteiger partial charge < -0.3 is 23.4 Å². The first-order valence-corrected chi connectivity index (χ1v) is 11.4. The van der Waals surface area contributed by atoms with E-state index in [-0.39, 0.29) is 42.1 Å². The second-order valence-corrected chi connectivity index (χ2v) is 10.0. The lowest BCUT2D eigenvalue weighted by molar-refractivity contribution is -0.154. The quantitative estimate of drug-likeness (QED) is 0.460. The van der Waals surface area contributed by atoms with Crippen molar-refractivity contribution in [3.63, 3.8) is 0 Å². The first-order chi connectivity index (χ1) is 16.4. The predicted octanol–water partition coefficient (Wildman–Crippen LogP) is 2.08. The van der Waals surface area contributed by atoms with Gasteiger partial charge in [0.2, 0.25) is 5.78 Å². The van der Waals surface area contributed by atoms with Crippen LogP contribution in [0.2, 0.25) is 0 Å². The summed E-state index contributed by atoms with van der Waals surface area (Å²) in [6.45, 7) is 6.00. The Bertz CT molecular complexity index is 1220. The molecule has 1 aromatic heterocycles. The summed E-state index contributed by atoms with van der Waals surface area (Å²) in [7, 11) is 1.47. The van der Waals surface area contributed by atoms with E-state index >= 15 is 0 Å². The first kappa shape index (κ1) is 23.5. The van der Waals surface area contributed by atoms with Crippen molar-refractivity contribution in [1.82, 2.24) is 0 Å². The fourth-order valence-electron chi connectivity index (χ4n) is 6.59. The average molecular weight is 486 g/mol. The Labute approximate surface area is 200 Å². The molecule has 0 spiro atoms. The van der Waals surface area contributed by atoms with Crippen LogP contribution in [0, 0.1) is 11.3 Å². The molecule has 0 saturated heterocycles.